The summed E-state index contributed by atoms with van der Waals surface area (Å²) in [6.07, 6.45) is 4.72. The molecule has 0 saturated carbocycles. The van der Waals surface area contributed by atoms with Crippen LogP contribution in [0, 0.1) is 0 Å². The highest BCUT2D eigenvalue weighted by Crippen LogP contribution is 2.48. The number of aliphatic hydroxyl groups excluding tert-OH is 1. The van der Waals surface area contributed by atoms with E-state index in [0.717, 1.165) is 5.39 Å². The molecule has 2 N–H and O–H groups in total. The van der Waals surface area contributed by atoms with E-state index in [2.05, 4.69) is 0 Å². The maximum atomic E-state index is 12.0. The molecule has 7 rings (SSSR count). The van der Waals surface area contributed by atoms with Crippen molar-refractivity contribution in [2.75, 3.05) is 13.2 Å². The van der Waals surface area contributed by atoms with Crippen LogP contribution in [-0.4, -0.2) is 52.8 Å². The predicted molar refractivity (Wildman–Crippen MR) is 154 cm³/mol. The standard InChI is InChI=1S/C32H30O11/c1-30(2,35)23(33)15-38-28-19-7-10-32(41-22(19)14-21-20(28)9-12-36-21)42-24(31(3,4)43-32)16-39-29-26-18(8-11-37-26)13-17-5-6-25(34)40-27(17)29/h5-14,23-24,33,35H,15-16H2,1-4H3/t23?,24-,32-/m0/s1. The monoisotopic (exact) mass is 590 g/mol. The minimum absolute atomic E-state index is 0.0206. The van der Waals surface area contributed by atoms with Gasteiger partial charge in [0.15, 0.2) is 11.2 Å². The van der Waals surface area contributed by atoms with Crippen LogP contribution in [0.15, 0.2) is 73.0 Å². The first-order valence-corrected chi connectivity index (χ1v) is 13.8. The van der Waals surface area contributed by atoms with Crippen molar-refractivity contribution in [1.29, 1.82) is 0 Å². The van der Waals surface area contributed by atoms with Crippen molar-refractivity contribution in [2.45, 2.75) is 57.1 Å². The van der Waals surface area contributed by atoms with Crippen molar-refractivity contribution in [2.24, 2.45) is 0 Å². The summed E-state index contributed by atoms with van der Waals surface area (Å²) >= 11 is 0. The van der Waals surface area contributed by atoms with Gasteiger partial charge < -0.3 is 47.1 Å². The first kappa shape index (κ1) is 27.5. The van der Waals surface area contributed by atoms with E-state index >= 15 is 0 Å². The number of hydrogen-bond acceptors (Lipinski definition) is 11. The summed E-state index contributed by atoms with van der Waals surface area (Å²) in [7, 11) is 0. The van der Waals surface area contributed by atoms with E-state index in [9.17, 15) is 15.0 Å². The van der Waals surface area contributed by atoms with Crippen LogP contribution in [0.1, 0.15) is 33.3 Å². The van der Waals surface area contributed by atoms with Crippen LogP contribution in [0.4, 0.5) is 0 Å². The number of fused-ring (bicyclic) bond motifs is 4. The van der Waals surface area contributed by atoms with E-state index < -0.39 is 35.0 Å². The zero-order chi connectivity index (χ0) is 30.1. The van der Waals surface area contributed by atoms with Crippen molar-refractivity contribution < 1.29 is 47.1 Å². The van der Waals surface area contributed by atoms with Crippen molar-refractivity contribution in [3.8, 4) is 17.2 Å². The molecular weight excluding hydrogens is 560 g/mol. The van der Waals surface area contributed by atoms with Gasteiger partial charge in [0.1, 0.15) is 42.5 Å². The van der Waals surface area contributed by atoms with Gasteiger partial charge in [-0.05, 0) is 58.0 Å². The van der Waals surface area contributed by atoms with Gasteiger partial charge in [-0.2, -0.15) is 0 Å². The largest absolute Gasteiger partial charge is 0.489 e. The van der Waals surface area contributed by atoms with Gasteiger partial charge in [0, 0.05) is 29.0 Å². The Morgan fingerprint density at radius 3 is 2.60 bits per heavy atom. The van der Waals surface area contributed by atoms with Crippen molar-refractivity contribution in [3.63, 3.8) is 0 Å². The molecule has 1 unspecified atom stereocenters. The second-order valence-electron chi connectivity index (χ2n) is 11.8. The summed E-state index contributed by atoms with van der Waals surface area (Å²) in [6.45, 7) is 6.59. The van der Waals surface area contributed by atoms with E-state index in [1.54, 1.807) is 42.7 Å². The SMILES string of the molecule is CC(C)(O)C(O)COc1c2c(cc3occc13)O[C@@]1(C=C2)O[C@@H](COc2c3occc3cc3ccc(=O)oc23)C(C)(C)O1. The lowest BCUT2D eigenvalue weighted by Gasteiger charge is -2.31. The molecule has 11 nitrogen and oxygen atoms in total. The number of furan rings is 2. The number of aliphatic hydroxyl groups is 2. The smallest absolute Gasteiger partial charge is 0.350 e. The van der Waals surface area contributed by atoms with Crippen molar-refractivity contribution in [3.05, 3.63) is 71.0 Å². The fraction of sp³-hybridized carbons (Fsp3) is 0.344. The Labute approximate surface area is 244 Å². The number of hydrogen-bond donors (Lipinski definition) is 2. The lowest BCUT2D eigenvalue weighted by molar-refractivity contribution is -0.271. The lowest BCUT2D eigenvalue weighted by atomic mass is 10.0. The maximum Gasteiger partial charge on any atom is 0.350 e. The summed E-state index contributed by atoms with van der Waals surface area (Å²) < 4.78 is 48.0. The Morgan fingerprint density at radius 1 is 1.00 bits per heavy atom. The highest BCUT2D eigenvalue weighted by molar-refractivity contribution is 6.00. The third kappa shape index (κ3) is 4.74. The van der Waals surface area contributed by atoms with Crippen LogP contribution < -0.4 is 19.8 Å². The highest BCUT2D eigenvalue weighted by Gasteiger charge is 2.55. The van der Waals surface area contributed by atoms with Crippen LogP contribution in [0.5, 0.6) is 17.2 Å². The van der Waals surface area contributed by atoms with Crippen LogP contribution >= 0.6 is 0 Å². The Hall–Kier alpha value is -4.29. The summed E-state index contributed by atoms with van der Waals surface area (Å²) in [4.78, 5) is 12.0. The first-order valence-electron chi connectivity index (χ1n) is 13.8. The van der Waals surface area contributed by atoms with Gasteiger partial charge in [-0.25, -0.2) is 4.79 Å². The molecule has 43 heavy (non-hydrogen) atoms. The second-order valence-corrected chi connectivity index (χ2v) is 11.8. The van der Waals surface area contributed by atoms with Gasteiger partial charge in [0.2, 0.25) is 5.75 Å². The normalized spacial score (nSPS) is 21.9. The average molecular weight is 591 g/mol. The zero-order valence-electron chi connectivity index (χ0n) is 23.9. The van der Waals surface area contributed by atoms with Crippen LogP contribution in [0.3, 0.4) is 0 Å². The first-order chi connectivity index (χ1) is 20.4. The third-order valence-electron chi connectivity index (χ3n) is 7.77. The lowest BCUT2D eigenvalue weighted by Crippen LogP contribution is -2.40. The number of rotatable bonds is 7. The van der Waals surface area contributed by atoms with Gasteiger partial charge in [0.05, 0.1) is 34.7 Å². The van der Waals surface area contributed by atoms with E-state index in [4.69, 9.17) is 36.9 Å². The highest BCUT2D eigenvalue weighted by atomic mass is 16.9. The van der Waals surface area contributed by atoms with Gasteiger partial charge in [-0.3, -0.25) is 0 Å². The topological polar surface area (TPSA) is 143 Å². The quantitative estimate of drug-likeness (QED) is 0.244. The fourth-order valence-corrected chi connectivity index (χ4v) is 5.26. The molecule has 2 aromatic carbocycles. The Kier molecular flexibility index (Phi) is 6.16. The Bertz CT molecular complexity index is 1940. The number of benzene rings is 2. The summed E-state index contributed by atoms with van der Waals surface area (Å²) in [5, 5.41) is 22.7. The third-order valence-corrected chi connectivity index (χ3v) is 7.77. The molecule has 0 radical (unpaired) electrons. The zero-order valence-corrected chi connectivity index (χ0v) is 23.9. The second kappa shape index (κ2) is 9.61. The van der Waals surface area contributed by atoms with Crippen LogP contribution in [-0.2, 0) is 9.47 Å². The van der Waals surface area contributed by atoms with E-state index in [-0.39, 0.29) is 24.5 Å². The molecule has 11 heteroatoms. The van der Waals surface area contributed by atoms with E-state index in [1.165, 1.54) is 26.2 Å². The van der Waals surface area contributed by atoms with Crippen molar-refractivity contribution >= 4 is 39.0 Å². The van der Waals surface area contributed by atoms with Crippen LogP contribution in [0.2, 0.25) is 0 Å². The minimum Gasteiger partial charge on any atom is -0.489 e. The van der Waals surface area contributed by atoms with E-state index in [0.29, 0.717) is 39.0 Å². The van der Waals surface area contributed by atoms with Crippen LogP contribution in [0.25, 0.3) is 39.0 Å². The van der Waals surface area contributed by atoms with Gasteiger partial charge >= 0.3 is 11.6 Å². The molecule has 3 aromatic heterocycles. The molecular formula is C32H30O11. The molecule has 0 aliphatic carbocycles. The van der Waals surface area contributed by atoms with Gasteiger partial charge in [-0.15, -0.1) is 0 Å². The molecule has 5 aromatic rings. The Balaban J connectivity index is 1.17. The summed E-state index contributed by atoms with van der Waals surface area (Å²) in [5.74, 6) is -0.493. The molecule has 0 bridgehead atoms. The van der Waals surface area contributed by atoms with Gasteiger partial charge in [0.25, 0.3) is 0 Å². The van der Waals surface area contributed by atoms with Crippen molar-refractivity contribution in [1.82, 2.24) is 0 Å². The summed E-state index contributed by atoms with van der Waals surface area (Å²) in [5.41, 5.74) is -0.928. The molecule has 3 atom stereocenters. The fourth-order valence-electron chi connectivity index (χ4n) is 5.26. The molecule has 0 amide bonds. The molecule has 2 aliphatic heterocycles. The molecule has 224 valence electrons. The minimum atomic E-state index is -1.58. The molecule has 1 fully saturated rings. The predicted octanol–water partition coefficient (Wildman–Crippen LogP) is 5.13. The Morgan fingerprint density at radius 2 is 1.79 bits per heavy atom. The average Bonchev–Trinajstić information content (AvgIpc) is 3.66. The van der Waals surface area contributed by atoms with Gasteiger partial charge in [-0.1, -0.05) is 0 Å². The molecule has 1 spiro atoms. The molecule has 2 aliphatic rings. The maximum absolute atomic E-state index is 12.0. The molecule has 1 saturated heterocycles. The van der Waals surface area contributed by atoms with E-state index in [1.807, 2.05) is 19.9 Å². The number of ether oxygens (including phenoxy) is 5. The molecule has 5 heterocycles. The summed E-state index contributed by atoms with van der Waals surface area (Å²) in [6, 6.07) is 10.2.